The molecule has 0 aromatic heterocycles. The highest BCUT2D eigenvalue weighted by molar-refractivity contribution is 9.11. The van der Waals surface area contributed by atoms with Crippen molar-refractivity contribution in [2.24, 2.45) is 0 Å². The Morgan fingerprint density at radius 3 is 2.19 bits per heavy atom. The highest BCUT2D eigenvalue weighted by Gasteiger charge is 2.29. The Morgan fingerprint density at radius 2 is 1.88 bits per heavy atom. The molecule has 0 unspecified atom stereocenters. The highest BCUT2D eigenvalue weighted by atomic mass is 79.9. The van der Waals surface area contributed by atoms with Gasteiger partial charge in [-0.15, -0.1) is 0 Å². The summed E-state index contributed by atoms with van der Waals surface area (Å²) in [4.78, 5) is 11.0. The molecule has 0 aromatic carbocycles. The lowest BCUT2D eigenvalue weighted by molar-refractivity contribution is -0.136. The fourth-order valence-electron chi connectivity index (χ4n) is 0.969. The fourth-order valence-corrected chi connectivity index (χ4v) is 1.22. The number of alkyl halides is 3. The maximum atomic E-state index is 12.2. The van der Waals surface area contributed by atoms with Gasteiger partial charge in [0.25, 0.3) is 0 Å². The Labute approximate surface area is 100 Å². The van der Waals surface area contributed by atoms with Crippen molar-refractivity contribution in [2.75, 3.05) is 7.11 Å². The molecule has 0 aliphatic carbocycles. The van der Waals surface area contributed by atoms with Crippen LogP contribution in [0.5, 0.6) is 0 Å². The minimum Gasteiger partial charge on any atom is -0.466 e. The minimum atomic E-state index is -4.31. The summed E-state index contributed by atoms with van der Waals surface area (Å²) >= 11 is 2.98. The maximum absolute atomic E-state index is 12.2. The van der Waals surface area contributed by atoms with E-state index in [2.05, 4.69) is 20.7 Å². The summed E-state index contributed by atoms with van der Waals surface area (Å²) in [6.07, 6.45) is -4.22. The van der Waals surface area contributed by atoms with Crippen LogP contribution in [0.25, 0.3) is 0 Å². The predicted molar refractivity (Wildman–Crippen MR) is 58.1 cm³/mol. The van der Waals surface area contributed by atoms with Gasteiger partial charge in [-0.3, -0.25) is 0 Å². The van der Waals surface area contributed by atoms with E-state index in [-0.39, 0.29) is 11.1 Å². The molecule has 0 spiro atoms. The van der Waals surface area contributed by atoms with E-state index in [0.29, 0.717) is 4.48 Å². The van der Waals surface area contributed by atoms with Gasteiger partial charge in [0.1, 0.15) is 0 Å². The number of allylic oxidation sites excluding steroid dienone is 3. The minimum absolute atomic E-state index is 0.00963. The Morgan fingerprint density at radius 1 is 1.38 bits per heavy atom. The summed E-state index contributed by atoms with van der Waals surface area (Å²) in [5.41, 5.74) is 0.135. The zero-order valence-corrected chi connectivity index (χ0v) is 10.7. The van der Waals surface area contributed by atoms with Gasteiger partial charge in [0, 0.05) is 5.57 Å². The molecule has 2 nitrogen and oxygen atoms in total. The van der Waals surface area contributed by atoms with Crippen LogP contribution in [0.3, 0.4) is 0 Å². The number of rotatable bonds is 3. The molecular weight excluding hydrogens is 289 g/mol. The Hall–Kier alpha value is -0.780. The number of carbonyl (C=O) groups is 1. The number of carbonyl (C=O) groups excluding carboxylic acids is 1. The topological polar surface area (TPSA) is 26.3 Å². The maximum Gasteiger partial charge on any atom is 0.393 e. The van der Waals surface area contributed by atoms with Crippen molar-refractivity contribution in [3.8, 4) is 0 Å². The van der Waals surface area contributed by atoms with Gasteiger partial charge in [-0.1, -0.05) is 15.9 Å². The number of ether oxygens (including phenoxy) is 1. The van der Waals surface area contributed by atoms with Gasteiger partial charge in [0.05, 0.1) is 13.5 Å². The molecule has 0 radical (unpaired) electrons. The van der Waals surface area contributed by atoms with Crippen LogP contribution in [0.15, 0.2) is 21.7 Å². The van der Waals surface area contributed by atoms with E-state index < -0.39 is 18.6 Å². The van der Waals surface area contributed by atoms with Gasteiger partial charge in [0.15, 0.2) is 0 Å². The summed E-state index contributed by atoms with van der Waals surface area (Å²) in [7, 11) is 1.17. The average Bonchev–Trinajstić information content (AvgIpc) is 2.13. The number of hydrogen-bond donors (Lipinski definition) is 0. The molecule has 0 saturated heterocycles. The van der Waals surface area contributed by atoms with Crippen LogP contribution in [0, 0.1) is 0 Å². The van der Waals surface area contributed by atoms with Crippen LogP contribution in [-0.2, 0) is 9.53 Å². The SMILES string of the molecule is COC(=O)/C(C)=C/C(CC(F)(F)F)=C(\C)Br. The van der Waals surface area contributed by atoms with Crippen LogP contribution in [0.4, 0.5) is 13.2 Å². The molecule has 16 heavy (non-hydrogen) atoms. The first-order valence-electron chi connectivity index (χ1n) is 4.36. The normalized spacial score (nSPS) is 14.6. The molecule has 0 fully saturated rings. The second-order valence-corrected chi connectivity index (χ2v) is 4.36. The lowest BCUT2D eigenvalue weighted by Crippen LogP contribution is -2.09. The molecule has 0 N–H and O–H groups in total. The second kappa shape index (κ2) is 6.08. The largest absolute Gasteiger partial charge is 0.466 e. The molecule has 0 aliphatic heterocycles. The summed E-state index contributed by atoms with van der Waals surface area (Å²) < 4.78 is 41.3. The van der Waals surface area contributed by atoms with Gasteiger partial charge in [-0.05, 0) is 30.0 Å². The van der Waals surface area contributed by atoms with Crippen molar-refractivity contribution < 1.29 is 22.7 Å². The third-order valence-corrected chi connectivity index (χ3v) is 2.24. The smallest absolute Gasteiger partial charge is 0.393 e. The van der Waals surface area contributed by atoms with Crippen LogP contribution in [-0.4, -0.2) is 19.3 Å². The van der Waals surface area contributed by atoms with Crippen molar-refractivity contribution in [2.45, 2.75) is 26.4 Å². The fraction of sp³-hybridized carbons (Fsp3) is 0.500. The van der Waals surface area contributed by atoms with Gasteiger partial charge in [-0.25, -0.2) is 4.79 Å². The second-order valence-electron chi connectivity index (χ2n) is 3.17. The third kappa shape index (κ3) is 5.95. The monoisotopic (exact) mass is 300 g/mol. The van der Waals surface area contributed by atoms with Crippen LogP contribution in [0.2, 0.25) is 0 Å². The highest BCUT2D eigenvalue weighted by Crippen LogP contribution is 2.29. The van der Waals surface area contributed by atoms with E-state index in [0.717, 1.165) is 0 Å². The van der Waals surface area contributed by atoms with Crippen molar-refractivity contribution in [1.29, 1.82) is 0 Å². The molecule has 0 bridgehead atoms. The molecule has 92 valence electrons. The molecule has 0 atom stereocenters. The summed E-state index contributed by atoms with van der Waals surface area (Å²) in [6, 6.07) is 0. The van der Waals surface area contributed by atoms with Gasteiger partial charge < -0.3 is 4.74 Å². The van der Waals surface area contributed by atoms with Crippen molar-refractivity contribution in [3.63, 3.8) is 0 Å². The van der Waals surface area contributed by atoms with Crippen LogP contribution in [0.1, 0.15) is 20.3 Å². The van der Waals surface area contributed by atoms with E-state index in [4.69, 9.17) is 0 Å². The Bertz CT molecular complexity index is 325. The number of esters is 1. The lowest BCUT2D eigenvalue weighted by Gasteiger charge is -2.09. The van der Waals surface area contributed by atoms with Crippen LogP contribution < -0.4 is 0 Å². The first-order chi connectivity index (χ1) is 7.17. The van der Waals surface area contributed by atoms with E-state index in [1.807, 2.05) is 0 Å². The molecule has 0 aromatic rings. The van der Waals surface area contributed by atoms with Gasteiger partial charge >= 0.3 is 12.1 Å². The third-order valence-electron chi connectivity index (χ3n) is 1.73. The quantitative estimate of drug-likeness (QED) is 0.451. The van der Waals surface area contributed by atoms with Crippen molar-refractivity contribution in [3.05, 3.63) is 21.7 Å². The van der Waals surface area contributed by atoms with Gasteiger partial charge in [-0.2, -0.15) is 13.2 Å². The molecule has 0 amide bonds. The summed E-state index contributed by atoms with van der Waals surface area (Å²) in [5, 5.41) is 0. The molecule has 0 aliphatic rings. The van der Waals surface area contributed by atoms with Gasteiger partial charge in [0.2, 0.25) is 0 Å². The average molecular weight is 301 g/mol. The number of halogens is 4. The van der Waals surface area contributed by atoms with E-state index in [9.17, 15) is 18.0 Å². The zero-order valence-electron chi connectivity index (χ0n) is 9.11. The summed E-state index contributed by atoms with van der Waals surface area (Å²) in [5.74, 6) is -0.645. The van der Waals surface area contributed by atoms with E-state index in [1.54, 1.807) is 0 Å². The molecular formula is C10H12BrF3O2. The molecule has 0 heterocycles. The Kier molecular flexibility index (Phi) is 5.78. The van der Waals surface area contributed by atoms with E-state index >= 15 is 0 Å². The summed E-state index contributed by atoms with van der Waals surface area (Å²) in [6.45, 7) is 2.89. The first-order valence-corrected chi connectivity index (χ1v) is 5.15. The molecule has 0 saturated carbocycles. The van der Waals surface area contributed by atoms with E-state index in [1.165, 1.54) is 27.0 Å². The number of methoxy groups -OCH3 is 1. The molecule has 0 rings (SSSR count). The standard InChI is InChI=1S/C10H12BrF3O2/c1-6(9(15)16-3)4-8(7(2)11)5-10(12,13)14/h4H,5H2,1-3H3/b6-4+,8-7-. The zero-order chi connectivity index (χ0) is 12.9. The lowest BCUT2D eigenvalue weighted by atomic mass is 10.1. The van der Waals surface area contributed by atoms with Crippen molar-refractivity contribution in [1.82, 2.24) is 0 Å². The van der Waals surface area contributed by atoms with Crippen LogP contribution >= 0.6 is 15.9 Å². The predicted octanol–water partition coefficient (Wildman–Crippen LogP) is 3.73. The molecule has 6 heteroatoms. The first kappa shape index (κ1) is 15.2. The Balaban J connectivity index is 5.00. The van der Waals surface area contributed by atoms with Crippen molar-refractivity contribution >= 4 is 21.9 Å². The number of hydrogen-bond acceptors (Lipinski definition) is 2.